The molecule has 2 rings (SSSR count). The number of aromatic amines is 1. The summed E-state index contributed by atoms with van der Waals surface area (Å²) in [5.41, 5.74) is 6.52. The Hall–Kier alpha value is -1.82. The van der Waals surface area contributed by atoms with E-state index < -0.39 is 0 Å². The number of amides is 1. The first-order chi connectivity index (χ1) is 9.61. The second kappa shape index (κ2) is 7.83. The van der Waals surface area contributed by atoms with E-state index in [0.29, 0.717) is 22.0 Å². The van der Waals surface area contributed by atoms with Gasteiger partial charge in [0.15, 0.2) is 0 Å². The predicted octanol–water partition coefficient (Wildman–Crippen LogP) is 2.61. The van der Waals surface area contributed by atoms with Crippen LogP contribution in [0, 0.1) is 0 Å². The van der Waals surface area contributed by atoms with Crippen molar-refractivity contribution in [1.29, 1.82) is 0 Å². The summed E-state index contributed by atoms with van der Waals surface area (Å²) < 4.78 is 0. The number of carbonyl (C=O) groups excluding carboxylic acids is 2. The number of hydrogen-bond acceptors (Lipinski definition) is 3. The fourth-order valence-corrected chi connectivity index (χ4v) is 1.95. The van der Waals surface area contributed by atoms with Crippen molar-refractivity contribution in [3.63, 3.8) is 0 Å². The summed E-state index contributed by atoms with van der Waals surface area (Å²) in [6.07, 6.45) is 1.85. The molecule has 1 aromatic heterocycles. The summed E-state index contributed by atoms with van der Waals surface area (Å²) in [5.74, 6) is -0.476. The zero-order valence-electron chi connectivity index (χ0n) is 11.1. The van der Waals surface area contributed by atoms with Crippen LogP contribution in [0.4, 0.5) is 5.69 Å². The second-order valence-corrected chi connectivity index (χ2v) is 4.63. The second-order valence-electron chi connectivity index (χ2n) is 4.19. The number of anilines is 1. The SMILES string of the molecule is Cl.NCCC(=O)Nc1ccc(Cl)cc1C(=O)c1ccc[nH]1. The van der Waals surface area contributed by atoms with E-state index in [9.17, 15) is 9.59 Å². The van der Waals surface area contributed by atoms with Crippen LogP contribution in [0.5, 0.6) is 0 Å². The van der Waals surface area contributed by atoms with Crippen molar-refractivity contribution < 1.29 is 9.59 Å². The molecule has 7 heteroatoms. The van der Waals surface area contributed by atoms with E-state index in [1.54, 1.807) is 30.5 Å². The van der Waals surface area contributed by atoms with Gasteiger partial charge in [-0.25, -0.2) is 0 Å². The number of hydrogen-bond donors (Lipinski definition) is 3. The highest BCUT2D eigenvalue weighted by Crippen LogP contribution is 2.23. The summed E-state index contributed by atoms with van der Waals surface area (Å²) in [6, 6.07) is 8.14. The molecule has 112 valence electrons. The molecule has 2 aromatic rings. The standard InChI is InChI=1S/C14H14ClN3O2.ClH/c15-9-3-4-11(18-13(19)5-6-16)10(8-9)14(20)12-2-1-7-17-12;/h1-4,7-8,17H,5-6,16H2,(H,18,19);1H. The average molecular weight is 328 g/mol. The van der Waals surface area contributed by atoms with E-state index in [1.807, 2.05) is 0 Å². The summed E-state index contributed by atoms with van der Waals surface area (Å²) in [5, 5.41) is 3.10. The molecule has 0 unspecified atom stereocenters. The van der Waals surface area contributed by atoms with Crippen LogP contribution in [-0.2, 0) is 4.79 Å². The van der Waals surface area contributed by atoms with Crippen molar-refractivity contribution in [3.05, 3.63) is 52.8 Å². The van der Waals surface area contributed by atoms with Crippen molar-refractivity contribution in [1.82, 2.24) is 4.98 Å². The fraction of sp³-hybridized carbons (Fsp3) is 0.143. The first-order valence-electron chi connectivity index (χ1n) is 6.09. The maximum absolute atomic E-state index is 12.4. The predicted molar refractivity (Wildman–Crippen MR) is 85.2 cm³/mol. The Balaban J connectivity index is 0.00000220. The molecule has 0 fully saturated rings. The van der Waals surface area contributed by atoms with Crippen LogP contribution in [0.15, 0.2) is 36.5 Å². The van der Waals surface area contributed by atoms with Crippen LogP contribution in [-0.4, -0.2) is 23.2 Å². The normalized spacial score (nSPS) is 9.81. The maximum Gasteiger partial charge on any atom is 0.225 e. The third-order valence-corrected chi connectivity index (χ3v) is 2.95. The summed E-state index contributed by atoms with van der Waals surface area (Å²) in [6.45, 7) is 0.249. The lowest BCUT2D eigenvalue weighted by Gasteiger charge is -2.10. The lowest BCUT2D eigenvalue weighted by atomic mass is 10.1. The Labute approximate surface area is 133 Å². The lowest BCUT2D eigenvalue weighted by molar-refractivity contribution is -0.116. The van der Waals surface area contributed by atoms with Crippen molar-refractivity contribution >= 4 is 41.4 Å². The van der Waals surface area contributed by atoms with Gasteiger partial charge in [-0.3, -0.25) is 9.59 Å². The lowest BCUT2D eigenvalue weighted by Crippen LogP contribution is -2.18. The maximum atomic E-state index is 12.4. The Bertz CT molecular complexity index is 627. The first kappa shape index (κ1) is 17.2. The van der Waals surface area contributed by atoms with Gasteiger partial charge in [-0.15, -0.1) is 12.4 Å². The van der Waals surface area contributed by atoms with Gasteiger partial charge in [-0.1, -0.05) is 11.6 Å². The molecule has 0 radical (unpaired) electrons. The van der Waals surface area contributed by atoms with Gasteiger partial charge in [0.05, 0.1) is 11.4 Å². The van der Waals surface area contributed by atoms with E-state index >= 15 is 0 Å². The van der Waals surface area contributed by atoms with Gasteiger partial charge < -0.3 is 16.0 Å². The van der Waals surface area contributed by atoms with E-state index in [2.05, 4.69) is 10.3 Å². The van der Waals surface area contributed by atoms with Gasteiger partial charge in [0.25, 0.3) is 0 Å². The highest BCUT2D eigenvalue weighted by molar-refractivity contribution is 6.31. The van der Waals surface area contributed by atoms with Gasteiger partial charge in [0.1, 0.15) is 0 Å². The minimum Gasteiger partial charge on any atom is -0.359 e. The zero-order chi connectivity index (χ0) is 14.5. The molecule has 0 aliphatic rings. The molecule has 0 atom stereocenters. The van der Waals surface area contributed by atoms with Crippen LogP contribution >= 0.6 is 24.0 Å². The highest BCUT2D eigenvalue weighted by Gasteiger charge is 2.16. The monoisotopic (exact) mass is 327 g/mol. The third kappa shape index (κ3) is 4.32. The van der Waals surface area contributed by atoms with Gasteiger partial charge in [0.2, 0.25) is 11.7 Å². The highest BCUT2D eigenvalue weighted by atomic mass is 35.5. The average Bonchev–Trinajstić information content (AvgIpc) is 2.94. The largest absolute Gasteiger partial charge is 0.359 e. The number of aromatic nitrogens is 1. The van der Waals surface area contributed by atoms with Crippen LogP contribution in [0.25, 0.3) is 0 Å². The zero-order valence-corrected chi connectivity index (χ0v) is 12.6. The molecule has 0 saturated carbocycles. The van der Waals surface area contributed by atoms with Crippen molar-refractivity contribution in [3.8, 4) is 0 Å². The number of rotatable bonds is 5. The molecule has 0 bridgehead atoms. The van der Waals surface area contributed by atoms with Crippen LogP contribution in [0.3, 0.4) is 0 Å². The smallest absolute Gasteiger partial charge is 0.225 e. The number of ketones is 1. The summed E-state index contributed by atoms with van der Waals surface area (Å²) >= 11 is 5.92. The number of nitrogens with two attached hydrogens (primary N) is 1. The van der Waals surface area contributed by atoms with Crippen molar-refractivity contribution in [2.75, 3.05) is 11.9 Å². The molecule has 1 aromatic carbocycles. The molecule has 0 aliphatic carbocycles. The molecule has 1 heterocycles. The van der Waals surface area contributed by atoms with Crippen LogP contribution in [0.2, 0.25) is 5.02 Å². The van der Waals surface area contributed by atoms with E-state index in [-0.39, 0.29) is 37.1 Å². The minimum atomic E-state index is -0.240. The molecule has 0 saturated heterocycles. The third-order valence-electron chi connectivity index (χ3n) is 2.71. The Kier molecular flexibility index (Phi) is 6.42. The Morgan fingerprint density at radius 2 is 2.05 bits per heavy atom. The number of benzene rings is 1. The number of H-pyrrole nitrogens is 1. The Morgan fingerprint density at radius 3 is 2.67 bits per heavy atom. The van der Waals surface area contributed by atoms with Gasteiger partial charge >= 0.3 is 0 Å². The van der Waals surface area contributed by atoms with Gasteiger partial charge in [-0.05, 0) is 30.3 Å². The molecular weight excluding hydrogens is 313 g/mol. The van der Waals surface area contributed by atoms with E-state index in [4.69, 9.17) is 17.3 Å². The number of halogens is 2. The summed E-state index contributed by atoms with van der Waals surface area (Å²) in [7, 11) is 0. The van der Waals surface area contributed by atoms with Crippen LogP contribution in [0.1, 0.15) is 22.5 Å². The molecule has 1 amide bonds. The molecule has 0 spiro atoms. The Morgan fingerprint density at radius 1 is 1.29 bits per heavy atom. The number of nitrogens with one attached hydrogen (secondary N) is 2. The minimum absolute atomic E-state index is 0. The molecule has 0 aliphatic heterocycles. The van der Waals surface area contributed by atoms with Crippen LogP contribution < -0.4 is 11.1 Å². The van der Waals surface area contributed by atoms with Gasteiger partial charge in [0, 0.05) is 29.7 Å². The summed E-state index contributed by atoms with van der Waals surface area (Å²) in [4.78, 5) is 26.8. The number of carbonyl (C=O) groups is 2. The van der Waals surface area contributed by atoms with Crippen molar-refractivity contribution in [2.45, 2.75) is 6.42 Å². The fourth-order valence-electron chi connectivity index (χ4n) is 1.77. The molecular formula is C14H15Cl2N3O2. The molecule has 5 nitrogen and oxygen atoms in total. The topological polar surface area (TPSA) is 88.0 Å². The van der Waals surface area contributed by atoms with Crippen molar-refractivity contribution in [2.24, 2.45) is 5.73 Å². The van der Waals surface area contributed by atoms with Gasteiger partial charge in [-0.2, -0.15) is 0 Å². The van der Waals surface area contributed by atoms with E-state index in [0.717, 1.165) is 0 Å². The first-order valence-corrected chi connectivity index (χ1v) is 6.47. The molecule has 21 heavy (non-hydrogen) atoms. The quantitative estimate of drug-likeness (QED) is 0.737. The molecule has 4 N–H and O–H groups in total. The van der Waals surface area contributed by atoms with E-state index in [1.165, 1.54) is 6.07 Å².